The first kappa shape index (κ1) is 34.3. The van der Waals surface area contributed by atoms with Gasteiger partial charge in [-0.15, -0.1) is 0 Å². The van der Waals surface area contributed by atoms with Gasteiger partial charge in [-0.25, -0.2) is 15.0 Å². The predicted molar refractivity (Wildman–Crippen MR) is 243 cm³/mol. The van der Waals surface area contributed by atoms with Crippen LogP contribution in [0, 0.1) is 0 Å². The van der Waals surface area contributed by atoms with Gasteiger partial charge in [0.05, 0.1) is 0 Å². The highest BCUT2D eigenvalue weighted by atomic mass is 16.3. The van der Waals surface area contributed by atoms with Crippen molar-refractivity contribution in [2.75, 3.05) is 0 Å². The predicted octanol–water partition coefficient (Wildman–Crippen LogP) is 14.6. The fraction of sp³-hybridized carbons (Fsp3) is 0. The summed E-state index contributed by atoms with van der Waals surface area (Å²) in [4.78, 5) is 15.8. The Morgan fingerprint density at radius 2 is 0.712 bits per heavy atom. The standard InChI is InChI=1S/C55H35N3O/c1-4-15-36(16-5-1)38-27-31-41(32-28-38)48-35-49-51-47(25-14-26-50(51)59-52(49)45-23-12-11-22-44(45)48)55-57-53(42-33-29-39(30-34-42)37-17-6-2-7-18-37)56-54(58-55)46-24-13-10-21-43(46)40-19-8-3-9-20-40/h1-35H. The fourth-order valence-corrected chi connectivity index (χ4v) is 8.28. The summed E-state index contributed by atoms with van der Waals surface area (Å²) in [6, 6.07) is 73.9. The number of aromatic nitrogens is 3. The number of hydrogen-bond donors (Lipinski definition) is 0. The van der Waals surface area contributed by atoms with Gasteiger partial charge in [0.2, 0.25) is 0 Å². The SMILES string of the molecule is c1ccc(-c2ccc(-c3nc(-c4ccccc4-c4ccccc4)nc(-c4cccc5oc6c7ccccc7c(-c7ccc(-c8ccccc8)cc7)cc6c45)n3)cc2)cc1. The lowest BCUT2D eigenvalue weighted by Gasteiger charge is -2.13. The number of benzene rings is 9. The van der Waals surface area contributed by atoms with Crippen LogP contribution >= 0.6 is 0 Å². The number of furan rings is 1. The third-order valence-corrected chi connectivity index (χ3v) is 11.2. The molecule has 11 aromatic rings. The summed E-state index contributed by atoms with van der Waals surface area (Å²) in [5, 5.41) is 4.17. The van der Waals surface area contributed by atoms with Gasteiger partial charge in [0.25, 0.3) is 0 Å². The molecular weight excluding hydrogens is 719 g/mol. The Morgan fingerprint density at radius 1 is 0.271 bits per heavy atom. The summed E-state index contributed by atoms with van der Waals surface area (Å²) in [5.41, 5.74) is 13.4. The first-order chi connectivity index (χ1) is 29.2. The molecule has 0 atom stereocenters. The van der Waals surface area contributed by atoms with Gasteiger partial charge in [-0.2, -0.15) is 0 Å². The molecular formula is C55H35N3O. The fourth-order valence-electron chi connectivity index (χ4n) is 8.28. The topological polar surface area (TPSA) is 51.8 Å². The lowest BCUT2D eigenvalue weighted by atomic mass is 9.93. The molecule has 0 aliphatic rings. The Hall–Kier alpha value is -7.95. The third kappa shape index (κ3) is 6.24. The van der Waals surface area contributed by atoms with Gasteiger partial charge in [-0.3, -0.25) is 0 Å². The second-order valence-electron chi connectivity index (χ2n) is 14.7. The molecule has 0 unspecified atom stereocenters. The average molecular weight is 754 g/mol. The van der Waals surface area contributed by atoms with E-state index in [-0.39, 0.29) is 0 Å². The van der Waals surface area contributed by atoms with Crippen molar-refractivity contribution >= 4 is 32.7 Å². The number of fused-ring (bicyclic) bond motifs is 5. The molecule has 0 aliphatic carbocycles. The highest BCUT2D eigenvalue weighted by molar-refractivity contribution is 6.22. The number of rotatable bonds is 7. The molecule has 0 radical (unpaired) electrons. The van der Waals surface area contributed by atoms with Crippen LogP contribution in [0.25, 0.3) is 111 Å². The Balaban J connectivity index is 1.12. The van der Waals surface area contributed by atoms with Crippen molar-refractivity contribution in [3.8, 4) is 78.7 Å². The number of nitrogens with zero attached hydrogens (tertiary/aromatic N) is 3. The molecule has 0 saturated heterocycles. The lowest BCUT2D eigenvalue weighted by molar-refractivity contribution is 0.672. The normalized spacial score (nSPS) is 11.4. The van der Waals surface area contributed by atoms with Crippen molar-refractivity contribution in [3.63, 3.8) is 0 Å². The van der Waals surface area contributed by atoms with Gasteiger partial charge in [-0.1, -0.05) is 200 Å². The molecule has 0 N–H and O–H groups in total. The molecule has 0 aliphatic heterocycles. The van der Waals surface area contributed by atoms with Gasteiger partial charge < -0.3 is 4.42 Å². The van der Waals surface area contributed by atoms with E-state index in [1.165, 1.54) is 11.1 Å². The van der Waals surface area contributed by atoms with E-state index in [0.29, 0.717) is 17.5 Å². The average Bonchev–Trinajstić information content (AvgIpc) is 3.71. The van der Waals surface area contributed by atoms with Crippen LogP contribution < -0.4 is 0 Å². The van der Waals surface area contributed by atoms with Crippen molar-refractivity contribution < 1.29 is 4.42 Å². The summed E-state index contributed by atoms with van der Waals surface area (Å²) in [7, 11) is 0. The molecule has 0 amide bonds. The van der Waals surface area contributed by atoms with Crippen LogP contribution in [0.1, 0.15) is 0 Å². The summed E-state index contributed by atoms with van der Waals surface area (Å²) in [6.07, 6.45) is 0. The smallest absolute Gasteiger partial charge is 0.164 e. The molecule has 4 nitrogen and oxygen atoms in total. The van der Waals surface area contributed by atoms with E-state index in [1.807, 2.05) is 36.4 Å². The van der Waals surface area contributed by atoms with Crippen LogP contribution in [0.4, 0.5) is 0 Å². The van der Waals surface area contributed by atoms with Crippen LogP contribution in [-0.4, -0.2) is 15.0 Å². The van der Waals surface area contributed by atoms with Gasteiger partial charge in [-0.05, 0) is 62.0 Å². The molecule has 0 saturated carbocycles. The minimum atomic E-state index is 0.579. The summed E-state index contributed by atoms with van der Waals surface area (Å²) in [6.45, 7) is 0. The third-order valence-electron chi connectivity index (χ3n) is 11.2. The monoisotopic (exact) mass is 753 g/mol. The molecule has 2 aromatic heterocycles. The first-order valence-corrected chi connectivity index (χ1v) is 19.9. The highest BCUT2D eigenvalue weighted by Gasteiger charge is 2.21. The van der Waals surface area contributed by atoms with E-state index in [4.69, 9.17) is 19.4 Å². The van der Waals surface area contributed by atoms with E-state index in [2.05, 4.69) is 176 Å². The van der Waals surface area contributed by atoms with Crippen LogP contribution in [0.2, 0.25) is 0 Å². The van der Waals surface area contributed by atoms with Crippen LogP contribution in [0.3, 0.4) is 0 Å². The van der Waals surface area contributed by atoms with Crippen molar-refractivity contribution in [1.82, 2.24) is 15.0 Å². The molecule has 4 heteroatoms. The molecule has 0 spiro atoms. The molecule has 9 aromatic carbocycles. The van der Waals surface area contributed by atoms with E-state index in [0.717, 1.165) is 82.8 Å². The zero-order valence-corrected chi connectivity index (χ0v) is 32.0. The van der Waals surface area contributed by atoms with Crippen LogP contribution in [-0.2, 0) is 0 Å². The molecule has 59 heavy (non-hydrogen) atoms. The second kappa shape index (κ2) is 14.5. The quantitative estimate of drug-likeness (QED) is 0.163. The maximum atomic E-state index is 6.79. The second-order valence-corrected chi connectivity index (χ2v) is 14.7. The van der Waals surface area contributed by atoms with E-state index in [1.54, 1.807) is 0 Å². The Kier molecular flexibility index (Phi) is 8.45. The first-order valence-electron chi connectivity index (χ1n) is 19.9. The van der Waals surface area contributed by atoms with Crippen molar-refractivity contribution in [2.24, 2.45) is 0 Å². The number of hydrogen-bond acceptors (Lipinski definition) is 4. The van der Waals surface area contributed by atoms with Crippen LogP contribution in [0.5, 0.6) is 0 Å². The maximum absolute atomic E-state index is 6.79. The van der Waals surface area contributed by atoms with Crippen LogP contribution in [0.15, 0.2) is 217 Å². The van der Waals surface area contributed by atoms with E-state index in [9.17, 15) is 0 Å². The zero-order valence-electron chi connectivity index (χ0n) is 32.0. The maximum Gasteiger partial charge on any atom is 0.164 e. The minimum absolute atomic E-state index is 0.579. The van der Waals surface area contributed by atoms with E-state index < -0.39 is 0 Å². The summed E-state index contributed by atoms with van der Waals surface area (Å²) in [5.74, 6) is 1.78. The van der Waals surface area contributed by atoms with Crippen molar-refractivity contribution in [2.45, 2.75) is 0 Å². The van der Waals surface area contributed by atoms with Crippen molar-refractivity contribution in [1.29, 1.82) is 0 Å². The Morgan fingerprint density at radius 3 is 1.36 bits per heavy atom. The van der Waals surface area contributed by atoms with Crippen molar-refractivity contribution in [3.05, 3.63) is 212 Å². The summed E-state index contributed by atoms with van der Waals surface area (Å²) >= 11 is 0. The molecule has 0 bridgehead atoms. The molecule has 276 valence electrons. The summed E-state index contributed by atoms with van der Waals surface area (Å²) < 4.78 is 6.79. The highest BCUT2D eigenvalue weighted by Crippen LogP contribution is 2.43. The minimum Gasteiger partial charge on any atom is -0.455 e. The van der Waals surface area contributed by atoms with Gasteiger partial charge in [0.15, 0.2) is 17.5 Å². The Labute approximate surface area is 341 Å². The van der Waals surface area contributed by atoms with E-state index >= 15 is 0 Å². The largest absolute Gasteiger partial charge is 0.455 e. The molecule has 2 heterocycles. The Bertz CT molecular complexity index is 3280. The molecule has 11 rings (SSSR count). The zero-order chi connectivity index (χ0) is 39.1. The van der Waals surface area contributed by atoms with Gasteiger partial charge >= 0.3 is 0 Å². The van der Waals surface area contributed by atoms with Gasteiger partial charge in [0.1, 0.15) is 11.2 Å². The van der Waals surface area contributed by atoms with Gasteiger partial charge in [0, 0.05) is 32.8 Å². The lowest BCUT2D eigenvalue weighted by Crippen LogP contribution is -2.01. The molecule has 0 fully saturated rings.